The zero-order chi connectivity index (χ0) is 9.90. The van der Waals surface area contributed by atoms with Crippen LogP contribution in [-0.4, -0.2) is 43.6 Å². The second-order valence-corrected chi connectivity index (χ2v) is 5.46. The SMILES string of the molecule is O=C(O)CNC1CCCS(=O)(=O)C1. The third kappa shape index (κ3) is 3.73. The highest BCUT2D eigenvalue weighted by molar-refractivity contribution is 7.91. The van der Waals surface area contributed by atoms with Crippen LogP contribution in [0.5, 0.6) is 0 Å². The van der Waals surface area contributed by atoms with Crippen molar-refractivity contribution < 1.29 is 18.3 Å². The quantitative estimate of drug-likeness (QED) is 0.635. The monoisotopic (exact) mass is 207 g/mol. The number of carboxylic acids is 1. The molecule has 1 atom stereocenters. The van der Waals surface area contributed by atoms with E-state index in [1.54, 1.807) is 0 Å². The van der Waals surface area contributed by atoms with Gasteiger partial charge in [0.2, 0.25) is 0 Å². The van der Waals surface area contributed by atoms with Gasteiger partial charge >= 0.3 is 5.97 Å². The van der Waals surface area contributed by atoms with Crippen LogP contribution in [0.3, 0.4) is 0 Å². The van der Waals surface area contributed by atoms with Crippen LogP contribution >= 0.6 is 0 Å². The first-order chi connectivity index (χ1) is 5.99. The molecule has 2 N–H and O–H groups in total. The van der Waals surface area contributed by atoms with E-state index in [2.05, 4.69) is 5.32 Å². The number of sulfone groups is 1. The summed E-state index contributed by atoms with van der Waals surface area (Å²) in [4.78, 5) is 10.2. The highest BCUT2D eigenvalue weighted by atomic mass is 32.2. The van der Waals surface area contributed by atoms with Gasteiger partial charge in [-0.1, -0.05) is 0 Å². The molecule has 1 aliphatic heterocycles. The van der Waals surface area contributed by atoms with Gasteiger partial charge in [0.05, 0.1) is 18.1 Å². The van der Waals surface area contributed by atoms with Crippen LogP contribution < -0.4 is 5.32 Å². The number of carboxylic acid groups (broad SMARTS) is 1. The van der Waals surface area contributed by atoms with Crippen molar-refractivity contribution in [3.05, 3.63) is 0 Å². The Bertz CT molecular complexity index is 285. The molecule has 76 valence electrons. The van der Waals surface area contributed by atoms with E-state index in [-0.39, 0.29) is 24.1 Å². The molecule has 0 amide bonds. The number of nitrogens with one attached hydrogen (secondary N) is 1. The van der Waals surface area contributed by atoms with Gasteiger partial charge in [0.15, 0.2) is 9.84 Å². The third-order valence-corrected chi connectivity index (χ3v) is 3.83. The third-order valence-electron chi connectivity index (χ3n) is 2.01. The summed E-state index contributed by atoms with van der Waals surface area (Å²) in [5, 5.41) is 11.1. The molecule has 6 heteroatoms. The molecule has 0 bridgehead atoms. The Morgan fingerprint density at radius 2 is 2.23 bits per heavy atom. The second kappa shape index (κ2) is 4.06. The molecular formula is C7H13NO4S. The second-order valence-electron chi connectivity index (χ2n) is 3.23. The molecule has 0 saturated carbocycles. The summed E-state index contributed by atoms with van der Waals surface area (Å²) in [6, 6.07) is -0.185. The number of hydrogen-bond acceptors (Lipinski definition) is 4. The molecule has 0 aromatic rings. The minimum Gasteiger partial charge on any atom is -0.480 e. The van der Waals surface area contributed by atoms with Crippen LogP contribution in [0.4, 0.5) is 0 Å². The van der Waals surface area contributed by atoms with Crippen LogP contribution in [0.15, 0.2) is 0 Å². The van der Waals surface area contributed by atoms with E-state index in [9.17, 15) is 13.2 Å². The average molecular weight is 207 g/mol. The van der Waals surface area contributed by atoms with Gasteiger partial charge in [-0.3, -0.25) is 4.79 Å². The number of carbonyl (C=O) groups is 1. The van der Waals surface area contributed by atoms with Crippen molar-refractivity contribution >= 4 is 15.8 Å². The van der Waals surface area contributed by atoms with Crippen LogP contribution in [0.2, 0.25) is 0 Å². The summed E-state index contributed by atoms with van der Waals surface area (Å²) < 4.78 is 22.2. The van der Waals surface area contributed by atoms with E-state index < -0.39 is 15.8 Å². The maximum Gasteiger partial charge on any atom is 0.317 e. The minimum atomic E-state index is -2.94. The van der Waals surface area contributed by atoms with Crippen molar-refractivity contribution in [2.75, 3.05) is 18.1 Å². The van der Waals surface area contributed by atoms with Gasteiger partial charge in [-0.2, -0.15) is 0 Å². The fourth-order valence-corrected chi connectivity index (χ4v) is 3.09. The molecule has 13 heavy (non-hydrogen) atoms. The lowest BCUT2D eigenvalue weighted by Crippen LogP contribution is -2.42. The minimum absolute atomic E-state index is 0.0697. The lowest BCUT2D eigenvalue weighted by atomic mass is 10.2. The summed E-state index contributed by atoms with van der Waals surface area (Å²) >= 11 is 0. The normalized spacial score (nSPS) is 26.9. The molecule has 5 nitrogen and oxygen atoms in total. The van der Waals surface area contributed by atoms with E-state index in [1.165, 1.54) is 0 Å². The smallest absolute Gasteiger partial charge is 0.317 e. The first kappa shape index (κ1) is 10.5. The molecule has 0 spiro atoms. The van der Waals surface area contributed by atoms with Crippen molar-refractivity contribution in [2.24, 2.45) is 0 Å². The first-order valence-corrected chi connectivity index (χ1v) is 5.97. The number of hydrogen-bond donors (Lipinski definition) is 2. The largest absolute Gasteiger partial charge is 0.480 e. The van der Waals surface area contributed by atoms with Crippen LogP contribution in [-0.2, 0) is 14.6 Å². The van der Waals surface area contributed by atoms with E-state index in [1.807, 2.05) is 0 Å². The van der Waals surface area contributed by atoms with Gasteiger partial charge in [-0.25, -0.2) is 8.42 Å². The standard InChI is InChI=1S/C7H13NO4S/c9-7(10)4-8-6-2-1-3-13(11,12)5-6/h6,8H,1-5H2,(H,9,10). The Labute approximate surface area is 77.1 Å². The molecule has 0 radical (unpaired) electrons. The predicted molar refractivity (Wildman–Crippen MR) is 47.3 cm³/mol. The summed E-state index contributed by atoms with van der Waals surface area (Å²) in [6.07, 6.45) is 1.37. The van der Waals surface area contributed by atoms with Crippen LogP contribution in [0.25, 0.3) is 0 Å². The summed E-state index contributed by atoms with van der Waals surface area (Å²) in [7, 11) is -2.94. The van der Waals surface area contributed by atoms with Gasteiger partial charge in [0, 0.05) is 6.04 Å². The molecule has 0 aromatic heterocycles. The zero-order valence-electron chi connectivity index (χ0n) is 7.19. The number of rotatable bonds is 3. The molecule has 0 aromatic carbocycles. The average Bonchev–Trinajstić information content (AvgIpc) is 1.99. The molecule has 1 heterocycles. The lowest BCUT2D eigenvalue weighted by Gasteiger charge is -2.22. The molecule has 1 fully saturated rings. The number of aliphatic carboxylic acids is 1. The fraction of sp³-hybridized carbons (Fsp3) is 0.857. The van der Waals surface area contributed by atoms with Crippen molar-refractivity contribution in [1.29, 1.82) is 0 Å². The Kier molecular flexibility index (Phi) is 3.27. The lowest BCUT2D eigenvalue weighted by molar-refractivity contribution is -0.136. The van der Waals surface area contributed by atoms with Gasteiger partial charge < -0.3 is 10.4 Å². The van der Waals surface area contributed by atoms with Crippen molar-refractivity contribution in [3.8, 4) is 0 Å². The molecule has 1 saturated heterocycles. The maximum absolute atomic E-state index is 11.1. The molecular weight excluding hydrogens is 194 g/mol. The van der Waals surface area contributed by atoms with E-state index >= 15 is 0 Å². The summed E-state index contributed by atoms with van der Waals surface area (Å²) in [5.74, 6) is -0.651. The summed E-state index contributed by atoms with van der Waals surface area (Å²) in [6.45, 7) is -0.166. The Hall–Kier alpha value is -0.620. The van der Waals surface area contributed by atoms with Gasteiger partial charge in [0.1, 0.15) is 0 Å². The van der Waals surface area contributed by atoms with Crippen molar-refractivity contribution in [3.63, 3.8) is 0 Å². The highest BCUT2D eigenvalue weighted by Crippen LogP contribution is 2.11. The predicted octanol–water partition coefficient (Wildman–Crippen LogP) is -0.762. The van der Waals surface area contributed by atoms with Gasteiger partial charge in [-0.15, -0.1) is 0 Å². The Morgan fingerprint density at radius 1 is 1.54 bits per heavy atom. The molecule has 0 aliphatic carbocycles. The summed E-state index contributed by atoms with van der Waals surface area (Å²) in [5.41, 5.74) is 0. The highest BCUT2D eigenvalue weighted by Gasteiger charge is 2.24. The molecule has 1 aliphatic rings. The van der Waals surface area contributed by atoms with Crippen LogP contribution in [0, 0.1) is 0 Å². The maximum atomic E-state index is 11.1. The zero-order valence-corrected chi connectivity index (χ0v) is 8.01. The van der Waals surface area contributed by atoms with E-state index in [4.69, 9.17) is 5.11 Å². The van der Waals surface area contributed by atoms with Crippen molar-refractivity contribution in [2.45, 2.75) is 18.9 Å². The molecule has 1 rings (SSSR count). The Morgan fingerprint density at radius 3 is 2.77 bits per heavy atom. The first-order valence-electron chi connectivity index (χ1n) is 4.15. The topological polar surface area (TPSA) is 83.5 Å². The Balaban J connectivity index is 2.39. The molecule has 1 unspecified atom stereocenters. The van der Waals surface area contributed by atoms with Crippen molar-refractivity contribution in [1.82, 2.24) is 5.32 Å². The fourth-order valence-electron chi connectivity index (χ4n) is 1.42. The van der Waals surface area contributed by atoms with Gasteiger partial charge in [-0.05, 0) is 12.8 Å². The van der Waals surface area contributed by atoms with Gasteiger partial charge in [0.25, 0.3) is 0 Å². The van der Waals surface area contributed by atoms with E-state index in [0.717, 1.165) is 6.42 Å². The van der Waals surface area contributed by atoms with E-state index in [0.29, 0.717) is 6.42 Å². The van der Waals surface area contributed by atoms with Crippen LogP contribution in [0.1, 0.15) is 12.8 Å².